The highest BCUT2D eigenvalue weighted by Gasteiger charge is 2.17. The number of rotatable bonds is 2. The van der Waals surface area contributed by atoms with Gasteiger partial charge in [0, 0.05) is 13.0 Å². The van der Waals surface area contributed by atoms with Crippen LogP contribution in [0.3, 0.4) is 0 Å². The Morgan fingerprint density at radius 3 is 3.13 bits per heavy atom. The summed E-state index contributed by atoms with van der Waals surface area (Å²) in [5, 5.41) is 1.21. The summed E-state index contributed by atoms with van der Waals surface area (Å²) in [6, 6.07) is 8.31. The number of hydrogen-bond acceptors (Lipinski definition) is 3. The van der Waals surface area contributed by atoms with Crippen LogP contribution in [0.2, 0.25) is 0 Å². The molecule has 1 fully saturated rings. The minimum atomic E-state index is 0.408. The van der Waals surface area contributed by atoms with E-state index in [2.05, 4.69) is 23.2 Å². The lowest BCUT2D eigenvalue weighted by Gasteiger charge is -2.04. The molecule has 0 spiro atoms. The summed E-state index contributed by atoms with van der Waals surface area (Å²) in [7, 11) is 0. The molecule has 2 nitrogen and oxygen atoms in total. The molecule has 2 heterocycles. The Labute approximate surface area is 92.9 Å². The second-order valence-electron chi connectivity index (χ2n) is 3.91. The standard InChI is InChI=1S/C12H13NOS/c1-2-6-11-10(5-1)13-12(15-11)8-9-4-3-7-14-9/h1-2,5-6,9H,3-4,7-8H2. The first-order valence-corrected chi connectivity index (χ1v) is 6.19. The fourth-order valence-electron chi connectivity index (χ4n) is 2.01. The van der Waals surface area contributed by atoms with Gasteiger partial charge in [0.2, 0.25) is 0 Å². The van der Waals surface area contributed by atoms with Crippen molar-refractivity contribution in [3.63, 3.8) is 0 Å². The number of ether oxygens (including phenoxy) is 1. The first kappa shape index (κ1) is 9.31. The van der Waals surface area contributed by atoms with Gasteiger partial charge < -0.3 is 4.74 Å². The Morgan fingerprint density at radius 1 is 1.40 bits per heavy atom. The van der Waals surface area contributed by atoms with E-state index in [0.29, 0.717) is 6.10 Å². The molecule has 1 aromatic heterocycles. The molecule has 0 saturated carbocycles. The van der Waals surface area contributed by atoms with E-state index in [-0.39, 0.29) is 0 Å². The van der Waals surface area contributed by atoms with E-state index in [9.17, 15) is 0 Å². The van der Waals surface area contributed by atoms with Gasteiger partial charge >= 0.3 is 0 Å². The molecule has 3 rings (SSSR count). The maximum absolute atomic E-state index is 5.62. The topological polar surface area (TPSA) is 22.1 Å². The molecule has 0 N–H and O–H groups in total. The van der Waals surface area contributed by atoms with Gasteiger partial charge in [-0.05, 0) is 25.0 Å². The molecule has 0 bridgehead atoms. The van der Waals surface area contributed by atoms with Crippen LogP contribution in [0.1, 0.15) is 17.8 Å². The third kappa shape index (κ3) is 1.90. The molecule has 0 amide bonds. The fraction of sp³-hybridized carbons (Fsp3) is 0.417. The van der Waals surface area contributed by atoms with Crippen LogP contribution < -0.4 is 0 Å². The molecule has 1 unspecified atom stereocenters. The molecule has 78 valence electrons. The zero-order valence-electron chi connectivity index (χ0n) is 8.48. The summed E-state index contributed by atoms with van der Waals surface area (Å²) < 4.78 is 6.90. The first-order chi connectivity index (χ1) is 7.42. The highest BCUT2D eigenvalue weighted by Crippen LogP contribution is 2.25. The van der Waals surface area contributed by atoms with Crippen LogP contribution in [-0.4, -0.2) is 17.7 Å². The summed E-state index contributed by atoms with van der Waals surface area (Å²) in [4.78, 5) is 4.61. The van der Waals surface area contributed by atoms with Crippen molar-refractivity contribution in [1.29, 1.82) is 0 Å². The highest BCUT2D eigenvalue weighted by atomic mass is 32.1. The van der Waals surface area contributed by atoms with E-state index < -0.39 is 0 Å². The first-order valence-electron chi connectivity index (χ1n) is 5.38. The van der Waals surface area contributed by atoms with Crippen molar-refractivity contribution < 1.29 is 4.74 Å². The van der Waals surface area contributed by atoms with E-state index in [1.54, 1.807) is 11.3 Å². The van der Waals surface area contributed by atoms with Crippen molar-refractivity contribution in [3.05, 3.63) is 29.3 Å². The van der Waals surface area contributed by atoms with Gasteiger partial charge in [0.15, 0.2) is 0 Å². The largest absolute Gasteiger partial charge is 0.378 e. The lowest BCUT2D eigenvalue weighted by molar-refractivity contribution is 0.111. The highest BCUT2D eigenvalue weighted by molar-refractivity contribution is 7.18. The Balaban J connectivity index is 1.84. The number of thiazole rings is 1. The second kappa shape index (κ2) is 3.91. The number of benzene rings is 1. The van der Waals surface area contributed by atoms with Gasteiger partial charge in [-0.1, -0.05) is 12.1 Å². The van der Waals surface area contributed by atoms with Gasteiger partial charge in [0.05, 0.1) is 21.3 Å². The van der Waals surface area contributed by atoms with Crippen LogP contribution in [0.5, 0.6) is 0 Å². The number of fused-ring (bicyclic) bond motifs is 1. The molecule has 0 radical (unpaired) electrons. The smallest absolute Gasteiger partial charge is 0.0964 e. The van der Waals surface area contributed by atoms with Crippen molar-refractivity contribution in [1.82, 2.24) is 4.98 Å². The summed E-state index contributed by atoms with van der Waals surface area (Å²) in [5.74, 6) is 0. The molecule has 1 atom stereocenters. The van der Waals surface area contributed by atoms with Gasteiger partial charge in [-0.3, -0.25) is 0 Å². The molecule has 0 aliphatic carbocycles. The molecular formula is C12H13NOS. The Hall–Kier alpha value is -0.930. The van der Waals surface area contributed by atoms with E-state index >= 15 is 0 Å². The predicted molar refractivity (Wildman–Crippen MR) is 62.3 cm³/mol. The van der Waals surface area contributed by atoms with Gasteiger partial charge in [0.1, 0.15) is 0 Å². The van der Waals surface area contributed by atoms with Crippen LogP contribution in [0.4, 0.5) is 0 Å². The van der Waals surface area contributed by atoms with Crippen LogP contribution in [0, 0.1) is 0 Å². The zero-order valence-corrected chi connectivity index (χ0v) is 9.30. The van der Waals surface area contributed by atoms with Crippen LogP contribution in [0.25, 0.3) is 10.2 Å². The predicted octanol–water partition coefficient (Wildman–Crippen LogP) is 3.02. The summed E-state index contributed by atoms with van der Waals surface area (Å²) >= 11 is 1.79. The number of hydrogen-bond donors (Lipinski definition) is 0. The van der Waals surface area contributed by atoms with Crippen LogP contribution in [0.15, 0.2) is 24.3 Å². The summed E-state index contributed by atoms with van der Waals surface area (Å²) in [6.07, 6.45) is 3.79. The van der Waals surface area contributed by atoms with Gasteiger partial charge in [-0.25, -0.2) is 4.98 Å². The zero-order chi connectivity index (χ0) is 10.1. The number of nitrogens with zero attached hydrogens (tertiary/aromatic N) is 1. The van der Waals surface area contributed by atoms with Crippen molar-refractivity contribution >= 4 is 21.6 Å². The SMILES string of the molecule is c1ccc2sc(CC3CCCO3)nc2c1. The molecule has 1 saturated heterocycles. The molecule has 1 aromatic carbocycles. The van der Waals surface area contributed by atoms with Crippen LogP contribution >= 0.6 is 11.3 Å². The number of para-hydroxylation sites is 1. The van der Waals surface area contributed by atoms with E-state index in [1.165, 1.54) is 22.5 Å². The summed E-state index contributed by atoms with van der Waals surface area (Å²) in [5.41, 5.74) is 1.12. The monoisotopic (exact) mass is 219 g/mol. The minimum Gasteiger partial charge on any atom is -0.378 e. The molecular weight excluding hydrogens is 206 g/mol. The third-order valence-corrected chi connectivity index (χ3v) is 3.82. The molecule has 15 heavy (non-hydrogen) atoms. The Kier molecular flexibility index (Phi) is 2.43. The van der Waals surface area contributed by atoms with E-state index in [1.807, 2.05) is 6.07 Å². The molecule has 3 heteroatoms. The Morgan fingerprint density at radius 2 is 2.33 bits per heavy atom. The maximum Gasteiger partial charge on any atom is 0.0964 e. The van der Waals surface area contributed by atoms with Crippen molar-refractivity contribution in [2.75, 3.05) is 6.61 Å². The van der Waals surface area contributed by atoms with E-state index in [4.69, 9.17) is 4.74 Å². The van der Waals surface area contributed by atoms with Crippen molar-refractivity contribution in [2.24, 2.45) is 0 Å². The Bertz CT molecular complexity index is 426. The number of aromatic nitrogens is 1. The van der Waals surface area contributed by atoms with E-state index in [0.717, 1.165) is 18.5 Å². The fourth-order valence-corrected chi connectivity index (χ4v) is 3.04. The molecule has 1 aliphatic rings. The van der Waals surface area contributed by atoms with Gasteiger partial charge in [0.25, 0.3) is 0 Å². The molecule has 2 aromatic rings. The lowest BCUT2D eigenvalue weighted by atomic mass is 10.2. The normalized spacial score (nSPS) is 21.2. The minimum absolute atomic E-state index is 0.408. The lowest BCUT2D eigenvalue weighted by Crippen LogP contribution is -2.08. The van der Waals surface area contributed by atoms with Gasteiger partial charge in [-0.2, -0.15) is 0 Å². The third-order valence-electron chi connectivity index (χ3n) is 2.76. The average molecular weight is 219 g/mol. The maximum atomic E-state index is 5.62. The molecule has 1 aliphatic heterocycles. The quantitative estimate of drug-likeness (QED) is 0.774. The van der Waals surface area contributed by atoms with Crippen molar-refractivity contribution in [2.45, 2.75) is 25.4 Å². The second-order valence-corrected chi connectivity index (χ2v) is 5.03. The van der Waals surface area contributed by atoms with Crippen LogP contribution in [-0.2, 0) is 11.2 Å². The van der Waals surface area contributed by atoms with Crippen molar-refractivity contribution in [3.8, 4) is 0 Å². The van der Waals surface area contributed by atoms with Gasteiger partial charge in [-0.15, -0.1) is 11.3 Å². The summed E-state index contributed by atoms with van der Waals surface area (Å²) in [6.45, 7) is 0.926. The average Bonchev–Trinajstić information content (AvgIpc) is 2.86.